The molecule has 1 aliphatic rings. The number of benzene rings is 1. The molecule has 2 aromatic rings. The maximum Gasteiger partial charge on any atom is 0.233 e. The number of aromatic nitrogens is 3. The lowest BCUT2D eigenvalue weighted by Gasteiger charge is -2.35. The number of aromatic amines is 1. The standard InChI is InChI=1S/C19H25FN4OS/c1-11-7-6-10-16(12(11)2)21-18(25)13(3)26-19-22-17(23-24-19)14-8-4-5-9-15(14)20/h4-5,8-9,11-13,16H,6-7,10H2,1-3H3,(H,21,25)(H,22,23,24)/t11-,12+,13+,16+/m0/s1. The van der Waals surface area contributed by atoms with Crippen molar-refractivity contribution in [2.45, 2.75) is 56.5 Å². The van der Waals surface area contributed by atoms with Crippen LogP contribution in [-0.4, -0.2) is 32.4 Å². The number of amides is 1. The Hall–Kier alpha value is -1.89. The fourth-order valence-corrected chi connectivity index (χ4v) is 4.10. The first-order chi connectivity index (χ1) is 12.5. The summed E-state index contributed by atoms with van der Waals surface area (Å²) in [6.07, 6.45) is 3.42. The third kappa shape index (κ3) is 4.26. The second-order valence-electron chi connectivity index (χ2n) is 7.09. The van der Waals surface area contributed by atoms with E-state index in [9.17, 15) is 9.18 Å². The van der Waals surface area contributed by atoms with Crippen molar-refractivity contribution in [3.05, 3.63) is 30.1 Å². The van der Waals surface area contributed by atoms with Crippen LogP contribution in [0.2, 0.25) is 0 Å². The van der Waals surface area contributed by atoms with Gasteiger partial charge in [0.2, 0.25) is 11.1 Å². The van der Waals surface area contributed by atoms with Crippen LogP contribution in [-0.2, 0) is 4.79 Å². The van der Waals surface area contributed by atoms with Crippen LogP contribution < -0.4 is 5.32 Å². The smallest absolute Gasteiger partial charge is 0.233 e. The lowest BCUT2D eigenvalue weighted by Crippen LogP contribution is -2.46. The number of carbonyl (C=O) groups excluding carboxylic acids is 1. The van der Waals surface area contributed by atoms with Crippen LogP contribution in [0.5, 0.6) is 0 Å². The molecule has 1 saturated carbocycles. The predicted octanol–water partition coefficient (Wildman–Crippen LogP) is 4.03. The molecule has 26 heavy (non-hydrogen) atoms. The zero-order valence-corrected chi connectivity index (χ0v) is 16.1. The normalized spacial score (nSPS) is 24.2. The number of hydrogen-bond acceptors (Lipinski definition) is 4. The Labute approximate surface area is 157 Å². The van der Waals surface area contributed by atoms with Crippen LogP contribution >= 0.6 is 11.8 Å². The highest BCUT2D eigenvalue weighted by atomic mass is 32.2. The van der Waals surface area contributed by atoms with Gasteiger partial charge in [-0.15, -0.1) is 5.10 Å². The van der Waals surface area contributed by atoms with E-state index in [0.29, 0.717) is 28.4 Å². The zero-order chi connectivity index (χ0) is 18.7. The number of thioether (sulfide) groups is 1. The van der Waals surface area contributed by atoms with Gasteiger partial charge >= 0.3 is 0 Å². The number of H-pyrrole nitrogens is 1. The topological polar surface area (TPSA) is 70.7 Å². The van der Waals surface area contributed by atoms with Crippen molar-refractivity contribution < 1.29 is 9.18 Å². The highest BCUT2D eigenvalue weighted by molar-refractivity contribution is 8.00. The van der Waals surface area contributed by atoms with Crippen molar-refractivity contribution in [2.24, 2.45) is 11.8 Å². The first-order valence-corrected chi connectivity index (χ1v) is 9.98. The first kappa shape index (κ1) is 18.9. The third-order valence-corrected chi connectivity index (χ3v) is 6.24. The van der Waals surface area contributed by atoms with Gasteiger partial charge in [0.25, 0.3) is 0 Å². The van der Waals surface area contributed by atoms with E-state index in [1.165, 1.54) is 24.2 Å². The molecule has 1 amide bonds. The minimum absolute atomic E-state index is 0.00167. The summed E-state index contributed by atoms with van der Waals surface area (Å²) in [5, 5.41) is 10.2. The molecule has 1 aromatic carbocycles. The summed E-state index contributed by atoms with van der Waals surface area (Å²) in [7, 11) is 0. The lowest BCUT2D eigenvalue weighted by molar-refractivity contribution is -0.121. The molecule has 0 spiro atoms. The molecule has 1 fully saturated rings. The minimum Gasteiger partial charge on any atom is -0.352 e. The zero-order valence-electron chi connectivity index (χ0n) is 15.3. The van der Waals surface area contributed by atoms with Gasteiger partial charge in [-0.25, -0.2) is 9.37 Å². The highest BCUT2D eigenvalue weighted by Gasteiger charge is 2.29. The van der Waals surface area contributed by atoms with Crippen LogP contribution in [0, 0.1) is 17.7 Å². The second kappa shape index (κ2) is 8.20. The Balaban J connectivity index is 1.60. The Bertz CT molecular complexity index is 766. The van der Waals surface area contributed by atoms with Gasteiger partial charge in [0.15, 0.2) is 5.82 Å². The lowest BCUT2D eigenvalue weighted by atomic mass is 9.78. The molecule has 5 nitrogen and oxygen atoms in total. The van der Waals surface area contributed by atoms with Gasteiger partial charge in [-0.1, -0.05) is 50.6 Å². The third-order valence-electron chi connectivity index (χ3n) is 5.28. The van der Waals surface area contributed by atoms with Crippen LogP contribution in [0.25, 0.3) is 11.4 Å². The van der Waals surface area contributed by atoms with E-state index in [-0.39, 0.29) is 23.0 Å². The molecule has 0 bridgehead atoms. The van der Waals surface area contributed by atoms with Gasteiger partial charge in [0.05, 0.1) is 10.8 Å². The first-order valence-electron chi connectivity index (χ1n) is 9.10. The number of carbonyl (C=O) groups is 1. The SMILES string of the molecule is C[C@@H]1[C@@H](C)CCC[C@H]1NC(=O)[C@@H](C)Sc1n[nH]c(-c2ccccc2F)n1. The molecule has 1 aromatic heterocycles. The van der Waals surface area contributed by atoms with Gasteiger partial charge < -0.3 is 5.32 Å². The molecule has 3 rings (SSSR count). The molecular formula is C19H25FN4OS. The Morgan fingerprint density at radius 1 is 1.35 bits per heavy atom. The van der Waals surface area contributed by atoms with Crippen LogP contribution in [0.15, 0.2) is 29.4 Å². The maximum absolute atomic E-state index is 13.8. The number of nitrogens with zero attached hydrogens (tertiary/aromatic N) is 2. The van der Waals surface area contributed by atoms with Crippen molar-refractivity contribution in [3.8, 4) is 11.4 Å². The summed E-state index contributed by atoms with van der Waals surface area (Å²) in [6, 6.07) is 6.63. The van der Waals surface area contributed by atoms with Crippen molar-refractivity contribution in [1.82, 2.24) is 20.5 Å². The summed E-state index contributed by atoms with van der Waals surface area (Å²) in [6.45, 7) is 6.30. The summed E-state index contributed by atoms with van der Waals surface area (Å²) < 4.78 is 13.8. The second-order valence-corrected chi connectivity index (χ2v) is 8.40. The Kier molecular flexibility index (Phi) is 5.96. The van der Waals surface area contributed by atoms with Gasteiger partial charge in [0.1, 0.15) is 5.82 Å². The molecule has 0 radical (unpaired) electrons. The van der Waals surface area contributed by atoms with Crippen molar-refractivity contribution in [2.75, 3.05) is 0 Å². The Morgan fingerprint density at radius 2 is 2.12 bits per heavy atom. The summed E-state index contributed by atoms with van der Waals surface area (Å²) in [4.78, 5) is 16.9. The van der Waals surface area contributed by atoms with Gasteiger partial charge in [-0.2, -0.15) is 0 Å². The largest absolute Gasteiger partial charge is 0.352 e. The molecule has 4 atom stereocenters. The van der Waals surface area contributed by atoms with E-state index in [1.807, 2.05) is 6.92 Å². The minimum atomic E-state index is -0.355. The summed E-state index contributed by atoms with van der Waals surface area (Å²) >= 11 is 1.28. The van der Waals surface area contributed by atoms with E-state index in [1.54, 1.807) is 18.2 Å². The van der Waals surface area contributed by atoms with Crippen molar-refractivity contribution in [1.29, 1.82) is 0 Å². The number of hydrogen-bond donors (Lipinski definition) is 2. The fourth-order valence-electron chi connectivity index (χ4n) is 3.37. The molecule has 0 unspecified atom stereocenters. The van der Waals surface area contributed by atoms with Crippen LogP contribution in [0.1, 0.15) is 40.0 Å². The number of halogens is 1. The maximum atomic E-state index is 13.8. The van der Waals surface area contributed by atoms with Gasteiger partial charge in [0, 0.05) is 6.04 Å². The van der Waals surface area contributed by atoms with Crippen LogP contribution in [0.4, 0.5) is 4.39 Å². The monoisotopic (exact) mass is 376 g/mol. The fraction of sp³-hybridized carbons (Fsp3) is 0.526. The van der Waals surface area contributed by atoms with Crippen molar-refractivity contribution >= 4 is 17.7 Å². The summed E-state index contributed by atoms with van der Waals surface area (Å²) in [5.74, 6) is 1.13. The Morgan fingerprint density at radius 3 is 2.88 bits per heavy atom. The highest BCUT2D eigenvalue weighted by Crippen LogP contribution is 2.30. The molecule has 0 saturated heterocycles. The predicted molar refractivity (Wildman–Crippen MR) is 101 cm³/mol. The molecule has 2 N–H and O–H groups in total. The van der Waals surface area contributed by atoms with E-state index in [0.717, 1.165) is 12.8 Å². The molecule has 7 heteroatoms. The molecular weight excluding hydrogens is 351 g/mol. The summed E-state index contributed by atoms with van der Waals surface area (Å²) in [5.41, 5.74) is 0.369. The van der Waals surface area contributed by atoms with Crippen molar-refractivity contribution in [3.63, 3.8) is 0 Å². The average molecular weight is 377 g/mol. The van der Waals surface area contributed by atoms with E-state index in [4.69, 9.17) is 0 Å². The number of nitrogens with one attached hydrogen (secondary N) is 2. The molecule has 1 aliphatic carbocycles. The van der Waals surface area contributed by atoms with E-state index < -0.39 is 0 Å². The number of rotatable bonds is 5. The molecule has 1 heterocycles. The van der Waals surface area contributed by atoms with E-state index >= 15 is 0 Å². The average Bonchev–Trinajstić information content (AvgIpc) is 3.07. The molecule has 0 aliphatic heterocycles. The van der Waals surface area contributed by atoms with Crippen LogP contribution in [0.3, 0.4) is 0 Å². The van der Waals surface area contributed by atoms with Gasteiger partial charge in [-0.3, -0.25) is 9.89 Å². The van der Waals surface area contributed by atoms with E-state index in [2.05, 4.69) is 34.3 Å². The molecule has 140 valence electrons. The quantitative estimate of drug-likeness (QED) is 0.773. The van der Waals surface area contributed by atoms with Gasteiger partial charge in [-0.05, 0) is 37.3 Å².